The van der Waals surface area contributed by atoms with Gasteiger partial charge in [-0.2, -0.15) is 0 Å². The van der Waals surface area contributed by atoms with E-state index >= 15 is 0 Å². The minimum atomic E-state index is -0.959. The van der Waals surface area contributed by atoms with Crippen LogP contribution in [0.5, 0.6) is 0 Å². The Bertz CT molecular complexity index is 1080. The smallest absolute Gasteiger partial charge is 0.312 e. The zero-order valence-corrected chi connectivity index (χ0v) is 34.9. The van der Waals surface area contributed by atoms with Gasteiger partial charge in [0.05, 0.1) is 10.8 Å². The molecular formula is C42H77NO6. The first-order valence-electron chi connectivity index (χ1n) is 18.8. The Kier molecular flexibility index (Phi) is 19.2. The van der Waals surface area contributed by atoms with E-state index in [1.54, 1.807) is 0 Å². The highest BCUT2D eigenvalue weighted by Gasteiger charge is 2.52. The van der Waals surface area contributed by atoms with E-state index in [1.807, 2.05) is 65.8 Å². The normalized spacial score (nSPS) is 16.0. The zero-order valence-electron chi connectivity index (χ0n) is 34.9. The van der Waals surface area contributed by atoms with Crippen LogP contribution in [0, 0.1) is 44.8 Å². The maximum Gasteiger partial charge on any atom is 0.312 e. The third-order valence-electron chi connectivity index (χ3n) is 10.6. The fraction of sp³-hybridized carbons (Fsp3) is 0.833. The second-order valence-corrected chi connectivity index (χ2v) is 18.2. The second kappa shape index (κ2) is 20.0. The lowest BCUT2D eigenvalue weighted by molar-refractivity contribution is -0.180. The van der Waals surface area contributed by atoms with Crippen LogP contribution >= 0.6 is 0 Å². The fourth-order valence-electron chi connectivity index (χ4n) is 6.87. The fourth-order valence-corrected chi connectivity index (χ4v) is 6.87. The van der Waals surface area contributed by atoms with E-state index in [1.165, 1.54) is 0 Å². The summed E-state index contributed by atoms with van der Waals surface area (Å²) in [6.07, 6.45) is 11.1. The predicted octanol–water partition coefficient (Wildman–Crippen LogP) is 10.1. The van der Waals surface area contributed by atoms with Crippen LogP contribution in [0.1, 0.15) is 142 Å². The summed E-state index contributed by atoms with van der Waals surface area (Å²) >= 11 is 0. The molecule has 0 amide bonds. The summed E-state index contributed by atoms with van der Waals surface area (Å²) in [5, 5.41) is 0. The summed E-state index contributed by atoms with van der Waals surface area (Å²) < 4.78 is 18.1. The molecule has 0 saturated heterocycles. The highest BCUT2D eigenvalue weighted by atomic mass is 16.6. The van der Waals surface area contributed by atoms with E-state index in [0.717, 1.165) is 13.0 Å². The number of allylic oxidation sites excluding steroid dienone is 2. The molecule has 3 atom stereocenters. The lowest BCUT2D eigenvalue weighted by Crippen LogP contribution is -2.51. The summed E-state index contributed by atoms with van der Waals surface area (Å²) in [7, 11) is 3.96. The zero-order chi connectivity index (χ0) is 38.4. The van der Waals surface area contributed by atoms with Crippen LogP contribution < -0.4 is 0 Å². The van der Waals surface area contributed by atoms with Crippen LogP contribution in [0.15, 0.2) is 24.3 Å². The Labute approximate surface area is 302 Å². The first-order valence-corrected chi connectivity index (χ1v) is 18.8. The van der Waals surface area contributed by atoms with Crippen molar-refractivity contribution in [3.63, 3.8) is 0 Å². The summed E-state index contributed by atoms with van der Waals surface area (Å²) in [6.45, 7) is 32.4. The third kappa shape index (κ3) is 16.2. The van der Waals surface area contributed by atoms with E-state index in [2.05, 4.69) is 81.4 Å². The van der Waals surface area contributed by atoms with Crippen molar-refractivity contribution in [3.05, 3.63) is 24.3 Å². The molecule has 0 rings (SSSR count). The Balaban J connectivity index is 6.35. The van der Waals surface area contributed by atoms with Crippen molar-refractivity contribution in [3.8, 4) is 0 Å². The van der Waals surface area contributed by atoms with Gasteiger partial charge in [0, 0.05) is 17.8 Å². The monoisotopic (exact) mass is 692 g/mol. The van der Waals surface area contributed by atoms with Gasteiger partial charge in [-0.3, -0.25) is 14.4 Å². The Morgan fingerprint density at radius 3 is 1.78 bits per heavy atom. The maximum atomic E-state index is 13.8. The molecule has 0 radical (unpaired) electrons. The van der Waals surface area contributed by atoms with E-state index in [0.29, 0.717) is 37.5 Å². The SMILES string of the molecule is CCC(C(OC(=O)CCCN(C)C)C(C)(CC)CC(C)(C)C(=O)OCC=CC(C)(C)C(C)C)C(C)(C)C(=O)OCC=CC(C)(C)CC(C)C. The van der Waals surface area contributed by atoms with Gasteiger partial charge in [0.1, 0.15) is 19.3 Å². The standard InChI is InChI=1S/C42H77NO6/c1-18-33(41(13,14)37(46)48-27-21-24-38(7,8)29-31(3)4)35(49-34(44)23-20-26-43(16)17)42(15,19-2)30-40(11,12)36(45)47-28-22-25-39(9,10)32(5)6/h21-22,24-25,31-33,35H,18-20,23,26-30H2,1-17H3. The molecule has 0 saturated carbocycles. The van der Waals surface area contributed by atoms with Crippen LogP contribution in [0.4, 0.5) is 0 Å². The van der Waals surface area contributed by atoms with Crippen molar-refractivity contribution in [1.29, 1.82) is 0 Å². The quantitative estimate of drug-likeness (QED) is 0.0599. The van der Waals surface area contributed by atoms with Gasteiger partial charge in [-0.25, -0.2) is 0 Å². The topological polar surface area (TPSA) is 82.1 Å². The minimum Gasteiger partial charge on any atom is -0.461 e. The van der Waals surface area contributed by atoms with E-state index in [9.17, 15) is 14.4 Å². The lowest BCUT2D eigenvalue weighted by Gasteiger charge is -2.47. The predicted molar refractivity (Wildman–Crippen MR) is 204 cm³/mol. The first kappa shape index (κ1) is 46.9. The van der Waals surface area contributed by atoms with Crippen LogP contribution in [0.25, 0.3) is 0 Å². The summed E-state index contributed by atoms with van der Waals surface area (Å²) in [4.78, 5) is 42.8. The molecule has 0 spiro atoms. The Hall–Kier alpha value is -2.15. The molecule has 3 unspecified atom stereocenters. The molecule has 0 aliphatic rings. The largest absolute Gasteiger partial charge is 0.461 e. The van der Waals surface area contributed by atoms with E-state index in [4.69, 9.17) is 14.2 Å². The van der Waals surface area contributed by atoms with Gasteiger partial charge in [0.25, 0.3) is 0 Å². The number of carbonyl (C=O) groups excluding carboxylic acids is 3. The van der Waals surface area contributed by atoms with Crippen molar-refractivity contribution in [2.24, 2.45) is 44.8 Å². The Morgan fingerprint density at radius 2 is 1.31 bits per heavy atom. The molecule has 0 aliphatic carbocycles. The number of nitrogens with zero attached hydrogens (tertiary/aromatic N) is 1. The number of esters is 3. The summed E-state index contributed by atoms with van der Waals surface area (Å²) in [5.41, 5.74) is -2.45. The highest BCUT2D eigenvalue weighted by Crippen LogP contribution is 2.49. The lowest BCUT2D eigenvalue weighted by atomic mass is 9.61. The Morgan fingerprint density at radius 1 is 0.776 bits per heavy atom. The van der Waals surface area contributed by atoms with Crippen LogP contribution in [-0.4, -0.2) is 62.8 Å². The van der Waals surface area contributed by atoms with Gasteiger partial charge in [-0.05, 0) is 103 Å². The molecule has 286 valence electrons. The molecule has 0 aromatic carbocycles. The van der Waals surface area contributed by atoms with Gasteiger partial charge in [0.2, 0.25) is 0 Å². The van der Waals surface area contributed by atoms with Crippen molar-refractivity contribution < 1.29 is 28.6 Å². The molecule has 0 aromatic heterocycles. The molecule has 0 N–H and O–H groups in total. The minimum absolute atomic E-state index is 0.00387. The summed E-state index contributed by atoms with van der Waals surface area (Å²) in [5.74, 6) is -0.246. The third-order valence-corrected chi connectivity index (χ3v) is 10.6. The number of ether oxygens (including phenoxy) is 3. The molecule has 0 aromatic rings. The second-order valence-electron chi connectivity index (χ2n) is 18.2. The molecule has 0 bridgehead atoms. The van der Waals surface area contributed by atoms with Crippen molar-refractivity contribution in [2.75, 3.05) is 33.9 Å². The van der Waals surface area contributed by atoms with Crippen LogP contribution in [0.3, 0.4) is 0 Å². The van der Waals surface area contributed by atoms with Gasteiger partial charge in [0.15, 0.2) is 0 Å². The van der Waals surface area contributed by atoms with Gasteiger partial charge in [-0.15, -0.1) is 0 Å². The number of rotatable bonds is 23. The maximum absolute atomic E-state index is 13.8. The summed E-state index contributed by atoms with van der Waals surface area (Å²) in [6, 6.07) is 0. The van der Waals surface area contributed by atoms with Crippen LogP contribution in [0.2, 0.25) is 0 Å². The number of hydrogen-bond acceptors (Lipinski definition) is 7. The molecular weight excluding hydrogens is 614 g/mol. The van der Waals surface area contributed by atoms with Crippen molar-refractivity contribution >= 4 is 17.9 Å². The van der Waals surface area contributed by atoms with Crippen molar-refractivity contribution in [1.82, 2.24) is 4.90 Å². The van der Waals surface area contributed by atoms with Gasteiger partial charge < -0.3 is 19.1 Å². The number of carbonyl (C=O) groups is 3. The van der Waals surface area contributed by atoms with Crippen molar-refractivity contribution in [2.45, 2.75) is 148 Å². The molecule has 49 heavy (non-hydrogen) atoms. The molecule has 0 heterocycles. The first-order chi connectivity index (χ1) is 22.3. The molecule has 0 aliphatic heterocycles. The average Bonchev–Trinajstić information content (AvgIpc) is 2.95. The van der Waals surface area contributed by atoms with E-state index < -0.39 is 22.3 Å². The molecule has 7 heteroatoms. The average molecular weight is 692 g/mol. The molecule has 7 nitrogen and oxygen atoms in total. The van der Waals surface area contributed by atoms with Gasteiger partial charge in [-0.1, -0.05) is 100 Å². The van der Waals surface area contributed by atoms with E-state index in [-0.39, 0.29) is 54.3 Å². The van der Waals surface area contributed by atoms with Crippen LogP contribution in [-0.2, 0) is 28.6 Å². The highest BCUT2D eigenvalue weighted by molar-refractivity contribution is 5.77. The number of hydrogen-bond donors (Lipinski definition) is 0. The van der Waals surface area contributed by atoms with Gasteiger partial charge >= 0.3 is 17.9 Å². The molecule has 0 fully saturated rings.